The maximum absolute atomic E-state index is 10.3. The fraction of sp³-hybridized carbons (Fsp3) is 0.429. The number of fused-ring (bicyclic) bond motifs is 1. The van der Waals surface area contributed by atoms with Crippen molar-refractivity contribution in [3.05, 3.63) is 66.5 Å². The molecule has 2 aliphatic carbocycles. The van der Waals surface area contributed by atoms with Crippen molar-refractivity contribution in [2.24, 2.45) is 0 Å². The molecule has 0 spiro atoms. The van der Waals surface area contributed by atoms with E-state index in [2.05, 4.69) is 53.9 Å². The van der Waals surface area contributed by atoms with Crippen LogP contribution in [0.5, 0.6) is 0 Å². The molecule has 2 saturated carbocycles. The van der Waals surface area contributed by atoms with Gasteiger partial charge in [-0.2, -0.15) is 0 Å². The zero-order valence-electron chi connectivity index (χ0n) is 20.2. The molecule has 5 rings (SSSR count). The summed E-state index contributed by atoms with van der Waals surface area (Å²) < 4.78 is 2.05. The lowest BCUT2D eigenvalue weighted by atomic mass is 9.72. The van der Waals surface area contributed by atoms with Crippen molar-refractivity contribution in [1.29, 1.82) is 0 Å². The molecule has 2 heterocycles. The number of aryl methyl sites for hydroxylation is 1. The first-order valence-electron chi connectivity index (χ1n) is 12.4. The van der Waals surface area contributed by atoms with Crippen LogP contribution >= 0.6 is 0 Å². The Morgan fingerprint density at radius 3 is 2.68 bits per heavy atom. The van der Waals surface area contributed by atoms with Gasteiger partial charge in [0, 0.05) is 36.1 Å². The van der Waals surface area contributed by atoms with Crippen LogP contribution < -0.4 is 5.73 Å². The van der Waals surface area contributed by atoms with Crippen LogP contribution in [0.2, 0.25) is 0 Å². The molecule has 0 amide bonds. The van der Waals surface area contributed by atoms with Crippen molar-refractivity contribution in [3.63, 3.8) is 0 Å². The number of imidazole rings is 1. The number of hydrogen-bond acceptors (Lipinski definition) is 5. The average molecular weight is 458 g/mol. The van der Waals surface area contributed by atoms with Gasteiger partial charge in [0.1, 0.15) is 22.9 Å². The Morgan fingerprint density at radius 1 is 1.24 bits per heavy atom. The fourth-order valence-electron chi connectivity index (χ4n) is 5.65. The Balaban J connectivity index is 1.45. The van der Waals surface area contributed by atoms with Gasteiger partial charge in [-0.3, -0.25) is 4.40 Å². The maximum Gasteiger partial charge on any atom is 0.150 e. The van der Waals surface area contributed by atoms with E-state index < -0.39 is 5.60 Å². The van der Waals surface area contributed by atoms with E-state index >= 15 is 0 Å². The Labute approximate surface area is 201 Å². The second kappa shape index (κ2) is 8.91. The lowest BCUT2D eigenvalue weighted by molar-refractivity contribution is -0.0335. The molecule has 3 aromatic rings. The molecule has 178 valence electrons. The summed E-state index contributed by atoms with van der Waals surface area (Å²) in [6.45, 7) is 8.04. The minimum atomic E-state index is -0.614. The summed E-state index contributed by atoms with van der Waals surface area (Å²) in [5, 5.41) is 10.3. The lowest BCUT2D eigenvalue weighted by Crippen LogP contribution is -2.40. The van der Waals surface area contributed by atoms with Crippen molar-refractivity contribution < 1.29 is 5.11 Å². The van der Waals surface area contributed by atoms with Gasteiger partial charge in [-0.15, -0.1) is 0 Å². The third-order valence-corrected chi connectivity index (χ3v) is 7.52. The second-order valence-corrected chi connectivity index (χ2v) is 10.3. The zero-order valence-corrected chi connectivity index (χ0v) is 20.2. The number of benzene rings is 1. The quantitative estimate of drug-likeness (QED) is 0.499. The molecule has 0 bridgehead atoms. The maximum atomic E-state index is 10.3. The summed E-state index contributed by atoms with van der Waals surface area (Å²) in [5.74, 6) is 1.63. The van der Waals surface area contributed by atoms with Crippen molar-refractivity contribution in [2.75, 3.05) is 5.73 Å². The predicted molar refractivity (Wildman–Crippen MR) is 138 cm³/mol. The van der Waals surface area contributed by atoms with Gasteiger partial charge in [0.2, 0.25) is 0 Å². The zero-order chi connectivity index (χ0) is 23.9. The Kier molecular flexibility index (Phi) is 5.94. The molecule has 2 aliphatic rings. The Bertz CT molecular complexity index is 1230. The van der Waals surface area contributed by atoms with Gasteiger partial charge in [-0.25, -0.2) is 9.97 Å². The molecule has 6 heteroatoms. The summed E-state index contributed by atoms with van der Waals surface area (Å²) in [6.07, 6.45) is 17.7. The van der Waals surface area contributed by atoms with Crippen molar-refractivity contribution in [3.8, 4) is 11.3 Å². The standard InChI is InChI=1S/C28H35N5O/c1-4-32(23-8-6-5-7-9-23)14-12-20-10-11-21(16-19(20)2)24-25-26(29)30-13-15-33(25)27(31-24)22-17-28(3,34)18-22/h4,10-16,22-23,34H,1,5-9,17-18H2,2-3H3,(H2,29,30)/b14-12-. The molecule has 0 unspecified atom stereocenters. The number of rotatable bonds is 6. The number of aromatic nitrogens is 3. The average Bonchev–Trinajstić information content (AvgIpc) is 3.20. The topological polar surface area (TPSA) is 79.7 Å². The molecule has 3 N–H and O–H groups in total. The van der Waals surface area contributed by atoms with E-state index in [1.807, 2.05) is 23.7 Å². The largest absolute Gasteiger partial charge is 0.390 e. The third-order valence-electron chi connectivity index (χ3n) is 7.52. The minimum Gasteiger partial charge on any atom is -0.390 e. The first-order valence-corrected chi connectivity index (χ1v) is 12.4. The smallest absolute Gasteiger partial charge is 0.150 e. The minimum absolute atomic E-state index is 0.214. The van der Waals surface area contributed by atoms with E-state index in [1.165, 1.54) is 43.2 Å². The number of aliphatic hydroxyl groups is 1. The van der Waals surface area contributed by atoms with E-state index in [0.717, 1.165) is 22.6 Å². The highest BCUT2D eigenvalue weighted by atomic mass is 16.3. The van der Waals surface area contributed by atoms with Gasteiger partial charge >= 0.3 is 0 Å². The van der Waals surface area contributed by atoms with Crippen molar-refractivity contribution >= 4 is 17.4 Å². The highest BCUT2D eigenvalue weighted by Crippen LogP contribution is 2.45. The summed E-state index contributed by atoms with van der Waals surface area (Å²) >= 11 is 0. The van der Waals surface area contributed by atoms with E-state index in [-0.39, 0.29) is 5.92 Å². The third kappa shape index (κ3) is 4.23. The van der Waals surface area contributed by atoms with E-state index in [4.69, 9.17) is 10.7 Å². The highest BCUT2D eigenvalue weighted by Gasteiger charge is 2.41. The van der Waals surface area contributed by atoms with E-state index in [0.29, 0.717) is 24.7 Å². The van der Waals surface area contributed by atoms with Crippen LogP contribution in [0, 0.1) is 6.92 Å². The van der Waals surface area contributed by atoms with Gasteiger partial charge < -0.3 is 15.7 Å². The molecule has 34 heavy (non-hydrogen) atoms. The summed E-state index contributed by atoms with van der Waals surface area (Å²) in [6, 6.07) is 6.99. The molecule has 0 saturated heterocycles. The van der Waals surface area contributed by atoms with E-state index in [1.54, 1.807) is 6.20 Å². The normalized spacial score (nSPS) is 23.3. The molecule has 0 aliphatic heterocycles. The van der Waals surface area contributed by atoms with Gasteiger partial charge in [0.25, 0.3) is 0 Å². The summed E-state index contributed by atoms with van der Waals surface area (Å²) in [7, 11) is 0. The fourth-order valence-corrected chi connectivity index (χ4v) is 5.65. The first-order chi connectivity index (χ1) is 16.4. The van der Waals surface area contributed by atoms with Gasteiger partial charge in [0.15, 0.2) is 0 Å². The van der Waals surface area contributed by atoms with Crippen LogP contribution in [-0.4, -0.2) is 36.0 Å². The SMILES string of the molecule is C=CN(/C=C\c1ccc(-c2nc(C3CC(C)(O)C3)n3ccnc(N)c23)cc1C)C1CCCCC1. The second-order valence-electron chi connectivity index (χ2n) is 10.3. The molecule has 2 aromatic heterocycles. The number of nitrogens with zero attached hydrogens (tertiary/aromatic N) is 4. The lowest BCUT2D eigenvalue weighted by Gasteiger charge is -2.40. The summed E-state index contributed by atoms with van der Waals surface area (Å²) in [5.41, 5.74) is 10.8. The number of nitrogens with two attached hydrogens (primary N) is 1. The van der Waals surface area contributed by atoms with Gasteiger partial charge in [0.05, 0.1) is 5.60 Å². The molecular weight excluding hydrogens is 422 g/mol. The Morgan fingerprint density at radius 2 is 2.00 bits per heavy atom. The number of anilines is 1. The monoisotopic (exact) mass is 457 g/mol. The van der Waals surface area contributed by atoms with Crippen LogP contribution in [-0.2, 0) is 0 Å². The van der Waals surface area contributed by atoms with Crippen molar-refractivity contribution in [2.45, 2.75) is 76.4 Å². The van der Waals surface area contributed by atoms with Crippen LogP contribution in [0.3, 0.4) is 0 Å². The highest BCUT2D eigenvalue weighted by molar-refractivity contribution is 5.86. The number of nitrogen functional groups attached to an aromatic ring is 1. The van der Waals surface area contributed by atoms with Crippen LogP contribution in [0.4, 0.5) is 5.82 Å². The molecule has 2 fully saturated rings. The van der Waals surface area contributed by atoms with Gasteiger partial charge in [-0.05, 0) is 69.0 Å². The Hall–Kier alpha value is -3.12. The molecule has 6 nitrogen and oxygen atoms in total. The van der Waals surface area contributed by atoms with Crippen LogP contribution in [0.25, 0.3) is 22.9 Å². The van der Waals surface area contributed by atoms with Crippen LogP contribution in [0.15, 0.2) is 49.6 Å². The molecular formula is C28H35N5O. The van der Waals surface area contributed by atoms with Crippen molar-refractivity contribution in [1.82, 2.24) is 19.3 Å². The first kappa shape index (κ1) is 22.7. The predicted octanol–water partition coefficient (Wildman–Crippen LogP) is 5.66. The molecule has 1 aromatic carbocycles. The molecule has 0 atom stereocenters. The van der Waals surface area contributed by atoms with E-state index in [9.17, 15) is 5.11 Å². The number of hydrogen-bond donors (Lipinski definition) is 2. The van der Waals surface area contributed by atoms with Gasteiger partial charge in [-0.1, -0.05) is 38.0 Å². The molecule has 0 radical (unpaired) electrons. The van der Waals surface area contributed by atoms with Crippen LogP contribution in [0.1, 0.15) is 74.7 Å². The summed E-state index contributed by atoms with van der Waals surface area (Å²) in [4.78, 5) is 11.6.